The molecule has 1 aromatic carbocycles. The number of aliphatic carboxylic acids is 1. The summed E-state index contributed by atoms with van der Waals surface area (Å²) in [6.07, 6.45) is 0.507. The highest BCUT2D eigenvalue weighted by Gasteiger charge is 2.31. The fourth-order valence-corrected chi connectivity index (χ4v) is 2.21. The van der Waals surface area contributed by atoms with Gasteiger partial charge in [0.25, 0.3) is 0 Å². The van der Waals surface area contributed by atoms with Crippen molar-refractivity contribution in [2.24, 2.45) is 11.7 Å². The summed E-state index contributed by atoms with van der Waals surface area (Å²) in [6, 6.07) is 6.53. The van der Waals surface area contributed by atoms with Crippen LogP contribution in [-0.4, -0.2) is 23.7 Å². The van der Waals surface area contributed by atoms with Crippen molar-refractivity contribution in [1.29, 1.82) is 0 Å². The Labute approximate surface area is 104 Å². The Morgan fingerprint density at radius 2 is 2.11 bits per heavy atom. The lowest BCUT2D eigenvalue weighted by molar-refractivity contribution is -0.141. The minimum atomic E-state index is -0.801. The quantitative estimate of drug-likeness (QED) is 0.639. The van der Waals surface area contributed by atoms with Crippen LogP contribution in [0.1, 0.15) is 18.0 Å². The zero-order valence-corrected chi connectivity index (χ0v) is 9.72. The normalized spacial score (nSPS) is 22.7. The number of amides is 2. The van der Waals surface area contributed by atoms with Crippen LogP contribution in [0, 0.1) is 5.92 Å². The van der Waals surface area contributed by atoms with E-state index in [9.17, 15) is 9.59 Å². The van der Waals surface area contributed by atoms with Gasteiger partial charge in [-0.3, -0.25) is 4.79 Å². The maximum Gasteiger partial charge on any atom is 0.316 e. The number of primary amides is 1. The molecule has 1 aliphatic heterocycles. The molecular formula is C12H15N3O3. The minimum Gasteiger partial charge on any atom is -0.481 e. The Balaban J connectivity index is 2.18. The molecule has 0 spiro atoms. The molecule has 0 saturated carbocycles. The fraction of sp³-hybridized carbons (Fsp3) is 0.333. The molecule has 1 aliphatic rings. The maximum absolute atomic E-state index is 10.9. The Bertz CT molecular complexity index is 475. The third-order valence-electron chi connectivity index (χ3n) is 3.07. The molecule has 0 aliphatic carbocycles. The van der Waals surface area contributed by atoms with Gasteiger partial charge in [-0.2, -0.15) is 0 Å². The number of carboxylic acids is 1. The van der Waals surface area contributed by atoms with Gasteiger partial charge in [0.2, 0.25) is 0 Å². The van der Waals surface area contributed by atoms with E-state index in [1.54, 1.807) is 12.1 Å². The largest absolute Gasteiger partial charge is 0.481 e. The van der Waals surface area contributed by atoms with E-state index in [0.29, 0.717) is 18.7 Å². The summed E-state index contributed by atoms with van der Waals surface area (Å²) in [4.78, 5) is 21.8. The van der Waals surface area contributed by atoms with Gasteiger partial charge >= 0.3 is 12.0 Å². The predicted octanol–water partition coefficient (Wildman–Crippen LogP) is 0.912. The number of hydrogen-bond donors (Lipinski definition) is 4. The molecule has 0 radical (unpaired) electrons. The first-order valence-corrected chi connectivity index (χ1v) is 5.69. The van der Waals surface area contributed by atoms with Crippen LogP contribution in [0.3, 0.4) is 0 Å². The molecule has 1 heterocycles. The number of urea groups is 1. The zero-order chi connectivity index (χ0) is 13.1. The summed E-state index contributed by atoms with van der Waals surface area (Å²) in [7, 11) is 0. The van der Waals surface area contributed by atoms with Gasteiger partial charge in [-0.15, -0.1) is 0 Å². The van der Waals surface area contributed by atoms with E-state index >= 15 is 0 Å². The summed E-state index contributed by atoms with van der Waals surface area (Å²) in [5.74, 6) is -1.19. The van der Waals surface area contributed by atoms with Crippen molar-refractivity contribution in [3.8, 4) is 0 Å². The van der Waals surface area contributed by atoms with E-state index in [1.165, 1.54) is 0 Å². The van der Waals surface area contributed by atoms with Gasteiger partial charge in [0.05, 0.1) is 5.92 Å². The molecule has 1 saturated heterocycles. The second-order valence-electron chi connectivity index (χ2n) is 4.31. The number of benzene rings is 1. The maximum atomic E-state index is 10.9. The molecule has 0 bridgehead atoms. The first kappa shape index (κ1) is 12.4. The molecule has 6 heteroatoms. The Morgan fingerprint density at radius 3 is 2.72 bits per heavy atom. The molecule has 2 amide bonds. The molecule has 5 N–H and O–H groups in total. The van der Waals surface area contributed by atoms with Crippen LogP contribution in [-0.2, 0) is 4.79 Å². The number of anilines is 1. The third kappa shape index (κ3) is 2.60. The lowest BCUT2D eigenvalue weighted by Gasteiger charge is -2.15. The molecule has 96 valence electrons. The summed E-state index contributed by atoms with van der Waals surface area (Å²) in [5.41, 5.74) is 6.58. The average Bonchev–Trinajstić information content (AvgIpc) is 2.78. The number of hydrogen-bond acceptors (Lipinski definition) is 3. The predicted molar refractivity (Wildman–Crippen MR) is 66.1 cm³/mol. The molecular weight excluding hydrogens is 234 g/mol. The van der Waals surface area contributed by atoms with E-state index in [1.807, 2.05) is 12.1 Å². The molecule has 18 heavy (non-hydrogen) atoms. The lowest BCUT2D eigenvalue weighted by atomic mass is 9.99. The zero-order valence-electron chi connectivity index (χ0n) is 9.72. The van der Waals surface area contributed by atoms with Crippen molar-refractivity contribution in [3.05, 3.63) is 29.8 Å². The number of nitrogens with two attached hydrogens (primary N) is 1. The topological polar surface area (TPSA) is 104 Å². The van der Waals surface area contributed by atoms with E-state index < -0.39 is 17.9 Å². The standard InChI is InChI=1S/C12H15N3O3/c13-12(18)15-9-4-2-1-3-8(9)10-5-7(6-14-10)11(16)17/h1-4,7,10,14H,5-6H2,(H,16,17)(H3,13,15,18). The van der Waals surface area contributed by atoms with Crippen molar-refractivity contribution in [1.82, 2.24) is 5.32 Å². The highest BCUT2D eigenvalue weighted by atomic mass is 16.4. The van der Waals surface area contributed by atoms with Crippen molar-refractivity contribution >= 4 is 17.7 Å². The van der Waals surface area contributed by atoms with Crippen LogP contribution in [0.25, 0.3) is 0 Å². The van der Waals surface area contributed by atoms with Gasteiger partial charge in [-0.05, 0) is 18.1 Å². The second kappa shape index (κ2) is 5.05. The monoisotopic (exact) mass is 249 g/mol. The van der Waals surface area contributed by atoms with Gasteiger partial charge in [-0.1, -0.05) is 18.2 Å². The minimum absolute atomic E-state index is 0.0749. The number of para-hydroxylation sites is 1. The fourth-order valence-electron chi connectivity index (χ4n) is 2.21. The van der Waals surface area contributed by atoms with Gasteiger partial charge in [0, 0.05) is 18.3 Å². The van der Waals surface area contributed by atoms with Crippen LogP contribution in [0.4, 0.5) is 10.5 Å². The van der Waals surface area contributed by atoms with E-state index in [0.717, 1.165) is 5.56 Å². The molecule has 6 nitrogen and oxygen atoms in total. The summed E-state index contributed by atoms with van der Waals surface area (Å²) >= 11 is 0. The molecule has 2 rings (SSSR count). The highest BCUT2D eigenvalue weighted by Crippen LogP contribution is 2.31. The summed E-state index contributed by atoms with van der Waals surface area (Å²) < 4.78 is 0. The van der Waals surface area contributed by atoms with Gasteiger partial charge in [-0.25, -0.2) is 4.79 Å². The van der Waals surface area contributed by atoms with Crippen LogP contribution in [0.2, 0.25) is 0 Å². The van der Waals surface area contributed by atoms with Crippen LogP contribution in [0.15, 0.2) is 24.3 Å². The Kier molecular flexibility index (Phi) is 3.47. The van der Waals surface area contributed by atoms with E-state index in [2.05, 4.69) is 10.6 Å². The summed E-state index contributed by atoms with van der Waals surface area (Å²) in [6.45, 7) is 0.435. The van der Waals surface area contributed by atoms with E-state index in [4.69, 9.17) is 10.8 Å². The molecule has 1 fully saturated rings. The number of carboxylic acid groups (broad SMARTS) is 1. The van der Waals surface area contributed by atoms with Crippen molar-refractivity contribution in [3.63, 3.8) is 0 Å². The number of rotatable bonds is 3. The average molecular weight is 249 g/mol. The number of carbonyl (C=O) groups is 2. The molecule has 0 aromatic heterocycles. The second-order valence-corrected chi connectivity index (χ2v) is 4.31. The lowest BCUT2D eigenvalue weighted by Crippen LogP contribution is -2.22. The van der Waals surface area contributed by atoms with Gasteiger partial charge < -0.3 is 21.5 Å². The van der Waals surface area contributed by atoms with Crippen LogP contribution < -0.4 is 16.4 Å². The third-order valence-corrected chi connectivity index (χ3v) is 3.07. The first-order valence-electron chi connectivity index (χ1n) is 5.69. The Hall–Kier alpha value is -2.08. The number of carbonyl (C=O) groups excluding carboxylic acids is 1. The highest BCUT2D eigenvalue weighted by molar-refractivity contribution is 5.88. The van der Waals surface area contributed by atoms with Gasteiger partial charge in [0.1, 0.15) is 0 Å². The van der Waals surface area contributed by atoms with Crippen molar-refractivity contribution in [2.75, 3.05) is 11.9 Å². The van der Waals surface area contributed by atoms with Crippen molar-refractivity contribution in [2.45, 2.75) is 12.5 Å². The van der Waals surface area contributed by atoms with Gasteiger partial charge in [0.15, 0.2) is 0 Å². The van der Waals surface area contributed by atoms with Crippen molar-refractivity contribution < 1.29 is 14.7 Å². The molecule has 1 aromatic rings. The number of nitrogens with one attached hydrogen (secondary N) is 2. The Morgan fingerprint density at radius 1 is 1.39 bits per heavy atom. The van der Waals surface area contributed by atoms with Crippen LogP contribution in [0.5, 0.6) is 0 Å². The first-order chi connectivity index (χ1) is 8.58. The summed E-state index contributed by atoms with van der Waals surface area (Å²) in [5, 5.41) is 14.7. The van der Waals surface area contributed by atoms with E-state index in [-0.39, 0.29) is 6.04 Å². The van der Waals surface area contributed by atoms with Crippen LogP contribution >= 0.6 is 0 Å². The SMILES string of the molecule is NC(=O)Nc1ccccc1C1CC(C(=O)O)CN1. The smallest absolute Gasteiger partial charge is 0.316 e. The molecule has 2 atom stereocenters. The molecule has 2 unspecified atom stereocenters.